The van der Waals surface area contributed by atoms with Crippen molar-refractivity contribution in [3.8, 4) is 11.3 Å². The third-order valence-electron chi connectivity index (χ3n) is 6.05. The predicted molar refractivity (Wildman–Crippen MR) is 110 cm³/mol. The number of carbonyl (C=O) groups is 1. The van der Waals surface area contributed by atoms with Crippen molar-refractivity contribution in [2.75, 3.05) is 5.32 Å². The van der Waals surface area contributed by atoms with E-state index in [1.165, 1.54) is 25.1 Å². The number of aromatic nitrogens is 3. The number of aliphatic carboxylic acids is 1. The molecule has 3 N–H and O–H groups in total. The fourth-order valence-corrected chi connectivity index (χ4v) is 4.66. The smallest absolute Gasteiger partial charge is 0.300 e. The minimum Gasteiger partial charge on any atom is -0.481 e. The number of pyridine rings is 2. The molecule has 3 aromatic heterocycles. The molecule has 1 atom stereocenters. The number of aromatic amines is 1. The van der Waals surface area contributed by atoms with Gasteiger partial charge in [-0.3, -0.25) is 4.79 Å². The first-order valence-corrected chi connectivity index (χ1v) is 10.3. The second-order valence-corrected chi connectivity index (χ2v) is 8.19. The van der Waals surface area contributed by atoms with Gasteiger partial charge in [0.05, 0.1) is 6.20 Å². The molecule has 31 heavy (non-hydrogen) atoms. The standard InChI is InChI=1S/C20H19F3N4.C2H4O2/c21-12-6-13-14(9-25-19(13)24-8-12)18-15(22)7-16(23)20(27-18)26-17-5-10-1-3-11(17)4-2-10;1-2(3)4/h6-11,17H,1-5H2,(H,24,25)(H,26,27);1H3,(H,3,4). The summed E-state index contributed by atoms with van der Waals surface area (Å²) in [5.74, 6) is -1.60. The normalized spacial score (nSPS) is 22.1. The zero-order valence-electron chi connectivity index (χ0n) is 17.0. The van der Waals surface area contributed by atoms with E-state index < -0.39 is 23.4 Å². The van der Waals surface area contributed by atoms with Gasteiger partial charge in [0.2, 0.25) is 0 Å². The van der Waals surface area contributed by atoms with Crippen molar-refractivity contribution >= 4 is 22.8 Å². The molecule has 164 valence electrons. The SMILES string of the molecule is CC(=O)O.Fc1cnc2[nH]cc(-c3nc(NC4CC5CCC4CC5)c(F)cc3F)c2c1. The molecule has 0 aliphatic heterocycles. The minimum atomic E-state index is -0.833. The number of rotatable bonds is 3. The third-order valence-corrected chi connectivity index (χ3v) is 6.05. The van der Waals surface area contributed by atoms with Crippen LogP contribution in [0.3, 0.4) is 0 Å². The number of anilines is 1. The largest absolute Gasteiger partial charge is 0.481 e. The lowest BCUT2D eigenvalue weighted by molar-refractivity contribution is -0.134. The van der Waals surface area contributed by atoms with Crippen molar-refractivity contribution in [1.82, 2.24) is 15.0 Å². The molecule has 0 saturated heterocycles. The summed E-state index contributed by atoms with van der Waals surface area (Å²) in [6.45, 7) is 1.08. The first kappa shape index (κ1) is 21.1. The van der Waals surface area contributed by atoms with Crippen molar-refractivity contribution < 1.29 is 23.1 Å². The molecule has 0 radical (unpaired) electrons. The van der Waals surface area contributed by atoms with Crippen LogP contribution in [-0.4, -0.2) is 32.1 Å². The van der Waals surface area contributed by atoms with Crippen LogP contribution in [0.25, 0.3) is 22.3 Å². The van der Waals surface area contributed by atoms with Gasteiger partial charge in [0.1, 0.15) is 17.2 Å². The molecule has 3 saturated carbocycles. The molecule has 3 heterocycles. The Morgan fingerprint density at radius 1 is 1.16 bits per heavy atom. The lowest BCUT2D eigenvalue weighted by Gasteiger charge is -2.42. The average Bonchev–Trinajstić information content (AvgIpc) is 3.13. The zero-order chi connectivity index (χ0) is 22.1. The van der Waals surface area contributed by atoms with Crippen LogP contribution in [-0.2, 0) is 4.79 Å². The molecule has 6 rings (SSSR count). The number of nitrogens with zero attached hydrogens (tertiary/aromatic N) is 2. The van der Waals surface area contributed by atoms with Crippen LogP contribution in [0.1, 0.15) is 39.0 Å². The van der Waals surface area contributed by atoms with Gasteiger partial charge in [0.15, 0.2) is 17.5 Å². The zero-order valence-corrected chi connectivity index (χ0v) is 17.0. The number of hydrogen-bond donors (Lipinski definition) is 3. The van der Waals surface area contributed by atoms with Crippen LogP contribution in [0.4, 0.5) is 19.0 Å². The molecule has 3 aromatic rings. The van der Waals surface area contributed by atoms with Crippen molar-refractivity contribution in [3.05, 3.63) is 42.0 Å². The van der Waals surface area contributed by atoms with Gasteiger partial charge in [-0.1, -0.05) is 12.8 Å². The number of carboxylic acid groups (broad SMARTS) is 1. The summed E-state index contributed by atoms with van der Waals surface area (Å²) in [4.78, 5) is 20.1. The topological polar surface area (TPSA) is 90.9 Å². The maximum absolute atomic E-state index is 14.5. The maximum atomic E-state index is 14.5. The van der Waals surface area contributed by atoms with Crippen LogP contribution in [0, 0.1) is 29.3 Å². The summed E-state index contributed by atoms with van der Waals surface area (Å²) in [7, 11) is 0. The number of halogens is 3. The quantitative estimate of drug-likeness (QED) is 0.534. The summed E-state index contributed by atoms with van der Waals surface area (Å²) in [5.41, 5.74) is 0.775. The van der Waals surface area contributed by atoms with Gasteiger partial charge in [-0.25, -0.2) is 23.1 Å². The maximum Gasteiger partial charge on any atom is 0.300 e. The average molecular weight is 432 g/mol. The summed E-state index contributed by atoms with van der Waals surface area (Å²) < 4.78 is 42.5. The molecular weight excluding hydrogens is 409 g/mol. The fourth-order valence-electron chi connectivity index (χ4n) is 4.66. The van der Waals surface area contributed by atoms with Crippen molar-refractivity contribution in [2.45, 2.75) is 45.1 Å². The Morgan fingerprint density at radius 2 is 1.87 bits per heavy atom. The van der Waals surface area contributed by atoms with Crippen molar-refractivity contribution in [1.29, 1.82) is 0 Å². The van der Waals surface area contributed by atoms with Gasteiger partial charge in [-0.2, -0.15) is 0 Å². The summed E-state index contributed by atoms with van der Waals surface area (Å²) in [6.07, 6.45) is 8.37. The van der Waals surface area contributed by atoms with Gasteiger partial charge in [0, 0.05) is 36.2 Å². The predicted octanol–water partition coefficient (Wildman–Crippen LogP) is 5.12. The van der Waals surface area contributed by atoms with Crippen molar-refractivity contribution in [2.24, 2.45) is 11.8 Å². The van der Waals surface area contributed by atoms with Gasteiger partial charge in [-0.15, -0.1) is 0 Å². The third kappa shape index (κ3) is 4.50. The number of fused-ring (bicyclic) bond motifs is 4. The molecule has 9 heteroatoms. The van der Waals surface area contributed by atoms with Gasteiger partial charge in [0.25, 0.3) is 5.97 Å². The Bertz CT molecular complexity index is 1110. The van der Waals surface area contributed by atoms with E-state index in [0.717, 1.165) is 38.4 Å². The van der Waals surface area contributed by atoms with E-state index >= 15 is 0 Å². The summed E-state index contributed by atoms with van der Waals surface area (Å²) >= 11 is 0. The van der Waals surface area contributed by atoms with E-state index in [2.05, 4.69) is 20.3 Å². The van der Waals surface area contributed by atoms with Gasteiger partial charge >= 0.3 is 0 Å². The van der Waals surface area contributed by atoms with Crippen LogP contribution in [0.2, 0.25) is 0 Å². The van der Waals surface area contributed by atoms with Gasteiger partial charge < -0.3 is 15.4 Å². The van der Waals surface area contributed by atoms with E-state index in [1.54, 1.807) is 0 Å². The highest BCUT2D eigenvalue weighted by molar-refractivity contribution is 5.92. The summed E-state index contributed by atoms with van der Waals surface area (Å²) in [5, 5.41) is 11.0. The van der Waals surface area contributed by atoms with E-state index in [0.29, 0.717) is 28.4 Å². The van der Waals surface area contributed by atoms with Crippen LogP contribution < -0.4 is 5.32 Å². The van der Waals surface area contributed by atoms with E-state index in [1.807, 2.05) is 0 Å². The van der Waals surface area contributed by atoms with Gasteiger partial charge in [-0.05, 0) is 37.2 Å². The Hall–Kier alpha value is -3.10. The Labute approximate surface area is 176 Å². The summed E-state index contributed by atoms with van der Waals surface area (Å²) in [6, 6.07) is 2.28. The highest BCUT2D eigenvalue weighted by atomic mass is 19.1. The lowest BCUT2D eigenvalue weighted by Crippen LogP contribution is -2.40. The lowest BCUT2D eigenvalue weighted by atomic mass is 9.68. The molecule has 3 fully saturated rings. The first-order valence-electron chi connectivity index (χ1n) is 10.3. The fraction of sp³-hybridized carbons (Fsp3) is 0.409. The van der Waals surface area contributed by atoms with E-state index in [-0.39, 0.29) is 17.6 Å². The number of nitrogens with one attached hydrogen (secondary N) is 2. The molecule has 6 nitrogen and oxygen atoms in total. The molecular formula is C22H23F3N4O2. The second-order valence-electron chi connectivity index (χ2n) is 8.19. The highest BCUT2D eigenvalue weighted by Crippen LogP contribution is 2.42. The van der Waals surface area contributed by atoms with Crippen LogP contribution in [0.15, 0.2) is 24.5 Å². The molecule has 0 amide bonds. The molecule has 2 bridgehead atoms. The first-order chi connectivity index (χ1) is 14.8. The molecule has 3 aliphatic carbocycles. The monoisotopic (exact) mass is 432 g/mol. The van der Waals surface area contributed by atoms with E-state index in [4.69, 9.17) is 9.90 Å². The van der Waals surface area contributed by atoms with Crippen molar-refractivity contribution in [3.63, 3.8) is 0 Å². The van der Waals surface area contributed by atoms with Crippen LogP contribution in [0.5, 0.6) is 0 Å². The highest BCUT2D eigenvalue weighted by Gasteiger charge is 2.36. The molecule has 0 aromatic carbocycles. The molecule has 3 aliphatic rings. The minimum absolute atomic E-state index is 0.0153. The Morgan fingerprint density at radius 3 is 2.52 bits per heavy atom. The molecule has 0 spiro atoms. The number of H-pyrrole nitrogens is 1. The number of hydrogen-bond acceptors (Lipinski definition) is 4. The Balaban J connectivity index is 0.000000535. The second kappa shape index (κ2) is 8.56. The van der Waals surface area contributed by atoms with Crippen LogP contribution >= 0.6 is 0 Å². The Kier molecular flexibility index (Phi) is 5.84. The van der Waals surface area contributed by atoms with E-state index in [9.17, 15) is 13.2 Å². The molecule has 1 unspecified atom stereocenters. The number of carboxylic acids is 1.